The Morgan fingerprint density at radius 2 is 1.52 bits per heavy atom. The summed E-state index contributed by atoms with van der Waals surface area (Å²) < 4.78 is 0. The molecule has 1 aromatic carbocycles. The van der Waals surface area contributed by atoms with E-state index < -0.39 is 35.8 Å². The van der Waals surface area contributed by atoms with E-state index in [2.05, 4.69) is 36.8 Å². The van der Waals surface area contributed by atoms with Crippen LogP contribution in [-0.4, -0.2) is 72.4 Å². The van der Waals surface area contributed by atoms with Gasteiger partial charge in [-0.1, -0.05) is 24.1 Å². The zero-order valence-electron chi connectivity index (χ0n) is 22.4. The topological polar surface area (TPSA) is 258 Å². The monoisotopic (exact) mass is 553 g/mol. The average molecular weight is 554 g/mol. The first-order valence-electron chi connectivity index (χ1n) is 12.9. The maximum absolute atomic E-state index is 13.5. The third-order valence-corrected chi connectivity index (χ3v) is 5.98. The number of hydrogen-bond donors (Lipinski definition) is 9. The number of hydrogen-bond acceptors (Lipinski definition) is 6. The van der Waals surface area contributed by atoms with E-state index in [9.17, 15) is 14.4 Å². The standard InChI is InChI=1S/C26H39N11O3/c1-2-11-32-23(39)20(10-6-13-34-26(30)31)36-24(40)21(14-16-15-35-19-9-4-3-7-17(16)19)37-22(38)18(27)8-5-12-33-25(28)29/h1,3-4,7,9,15,18,20-21,35H,5-6,8,10-14,27H2,(H,32,39)(H,36,40)(H,37,38)(H4,28,29,33)(H4,30,31,34)/t18-,20-,21-/m0/s1. The Morgan fingerprint density at radius 3 is 2.17 bits per heavy atom. The first-order chi connectivity index (χ1) is 19.1. The summed E-state index contributed by atoms with van der Waals surface area (Å²) in [6.07, 6.45) is 8.60. The highest BCUT2D eigenvalue weighted by Gasteiger charge is 2.28. The highest BCUT2D eigenvalue weighted by molar-refractivity contribution is 5.94. The van der Waals surface area contributed by atoms with Crippen LogP contribution < -0.4 is 44.6 Å². The van der Waals surface area contributed by atoms with E-state index in [4.69, 9.17) is 35.1 Å². The Balaban J connectivity index is 2.21. The van der Waals surface area contributed by atoms with Crippen molar-refractivity contribution in [3.63, 3.8) is 0 Å². The molecule has 14 N–H and O–H groups in total. The Morgan fingerprint density at radius 1 is 0.900 bits per heavy atom. The second-order valence-electron chi connectivity index (χ2n) is 9.11. The summed E-state index contributed by atoms with van der Waals surface area (Å²) in [5.74, 6) is 0.653. The Labute approximate surface area is 233 Å². The van der Waals surface area contributed by atoms with Crippen LogP contribution in [-0.2, 0) is 20.8 Å². The molecule has 0 saturated heterocycles. The number of para-hydroxylation sites is 1. The molecule has 3 amide bonds. The smallest absolute Gasteiger partial charge is 0.243 e. The van der Waals surface area contributed by atoms with Gasteiger partial charge in [-0.3, -0.25) is 24.4 Å². The van der Waals surface area contributed by atoms with E-state index in [0.29, 0.717) is 25.8 Å². The summed E-state index contributed by atoms with van der Waals surface area (Å²) in [5.41, 5.74) is 29.2. The first-order valence-corrected chi connectivity index (χ1v) is 12.9. The fraction of sp³-hybridized carbons (Fsp3) is 0.423. The number of H-pyrrole nitrogens is 1. The van der Waals surface area contributed by atoms with Crippen molar-refractivity contribution in [1.29, 1.82) is 0 Å². The third-order valence-electron chi connectivity index (χ3n) is 5.98. The summed E-state index contributed by atoms with van der Waals surface area (Å²) >= 11 is 0. The van der Waals surface area contributed by atoms with Crippen LogP contribution in [0.1, 0.15) is 31.2 Å². The minimum Gasteiger partial charge on any atom is -0.370 e. The zero-order chi connectivity index (χ0) is 29.5. The molecule has 14 nitrogen and oxygen atoms in total. The number of aliphatic imine (C=N–C) groups is 2. The lowest BCUT2D eigenvalue weighted by atomic mass is 10.0. The van der Waals surface area contributed by atoms with Crippen LogP contribution >= 0.6 is 0 Å². The van der Waals surface area contributed by atoms with Gasteiger partial charge in [-0.25, -0.2) is 0 Å². The largest absolute Gasteiger partial charge is 0.370 e. The number of fused-ring (bicyclic) bond motifs is 1. The lowest BCUT2D eigenvalue weighted by Gasteiger charge is -2.24. The first kappa shape index (κ1) is 31.4. The Hall–Kier alpha value is -4.77. The molecule has 0 fully saturated rings. The number of terminal acetylenes is 1. The van der Waals surface area contributed by atoms with Gasteiger partial charge >= 0.3 is 0 Å². The minimum atomic E-state index is -1.03. The van der Waals surface area contributed by atoms with E-state index in [-0.39, 0.29) is 37.9 Å². The lowest BCUT2D eigenvalue weighted by Crippen LogP contribution is -2.56. The van der Waals surface area contributed by atoms with Crippen molar-refractivity contribution >= 4 is 40.5 Å². The quantitative estimate of drug-likeness (QED) is 0.0478. The number of aromatic nitrogens is 1. The van der Waals surface area contributed by atoms with Crippen molar-refractivity contribution in [2.24, 2.45) is 38.7 Å². The molecular weight excluding hydrogens is 514 g/mol. The SMILES string of the molecule is C#CCNC(=O)[C@H](CCCN=C(N)N)NC(=O)[C@H](Cc1c[nH]c2ccccc12)NC(=O)[C@@H](N)CCCN=C(N)N. The number of aromatic amines is 1. The highest BCUT2D eigenvalue weighted by atomic mass is 16.2. The van der Waals surface area contributed by atoms with Gasteiger partial charge in [0.05, 0.1) is 12.6 Å². The van der Waals surface area contributed by atoms with Gasteiger partial charge in [-0.15, -0.1) is 6.42 Å². The number of benzene rings is 1. The van der Waals surface area contributed by atoms with Gasteiger partial charge in [-0.05, 0) is 37.3 Å². The molecule has 216 valence electrons. The van der Waals surface area contributed by atoms with E-state index in [0.717, 1.165) is 16.5 Å². The van der Waals surface area contributed by atoms with E-state index >= 15 is 0 Å². The molecule has 0 aliphatic carbocycles. The van der Waals surface area contributed by atoms with Gasteiger partial charge < -0.3 is 49.6 Å². The van der Waals surface area contributed by atoms with Gasteiger partial charge in [0.25, 0.3) is 0 Å². The van der Waals surface area contributed by atoms with Crippen molar-refractivity contribution in [3.05, 3.63) is 36.0 Å². The summed E-state index contributed by atoms with van der Waals surface area (Å²) in [5, 5.41) is 8.96. The lowest BCUT2D eigenvalue weighted by molar-refractivity contribution is -0.132. The minimum absolute atomic E-state index is 0.0106. The maximum Gasteiger partial charge on any atom is 0.243 e. The molecule has 0 radical (unpaired) electrons. The van der Waals surface area contributed by atoms with Gasteiger partial charge in [0.2, 0.25) is 17.7 Å². The second-order valence-corrected chi connectivity index (χ2v) is 9.11. The normalized spacial score (nSPS) is 12.8. The van der Waals surface area contributed by atoms with E-state index in [1.165, 1.54) is 0 Å². The van der Waals surface area contributed by atoms with Crippen LogP contribution in [0.5, 0.6) is 0 Å². The number of guanidine groups is 2. The van der Waals surface area contributed by atoms with Gasteiger partial charge in [-0.2, -0.15) is 0 Å². The third kappa shape index (κ3) is 10.5. The molecule has 0 aliphatic rings. The Bertz CT molecular complexity index is 1240. The number of nitrogens with one attached hydrogen (secondary N) is 4. The molecule has 1 aromatic heterocycles. The van der Waals surface area contributed by atoms with Crippen LogP contribution in [0.4, 0.5) is 0 Å². The van der Waals surface area contributed by atoms with E-state index in [1.54, 1.807) is 6.20 Å². The average Bonchev–Trinajstić information content (AvgIpc) is 3.33. The molecule has 14 heteroatoms. The molecule has 3 atom stereocenters. The summed E-state index contributed by atoms with van der Waals surface area (Å²) in [4.78, 5) is 50.2. The molecule has 0 spiro atoms. The molecule has 2 aromatic rings. The maximum atomic E-state index is 13.5. The number of carbonyl (C=O) groups excluding carboxylic acids is 3. The van der Waals surface area contributed by atoms with Crippen molar-refractivity contribution in [2.75, 3.05) is 19.6 Å². The summed E-state index contributed by atoms with van der Waals surface area (Å²) in [6.45, 7) is 0.571. The fourth-order valence-electron chi connectivity index (χ4n) is 3.96. The van der Waals surface area contributed by atoms with Gasteiger partial charge in [0.1, 0.15) is 12.1 Å². The number of amides is 3. The van der Waals surface area contributed by atoms with Crippen LogP contribution in [0.3, 0.4) is 0 Å². The van der Waals surface area contributed by atoms with E-state index in [1.807, 2.05) is 24.3 Å². The number of nitrogens with two attached hydrogens (primary N) is 5. The summed E-state index contributed by atoms with van der Waals surface area (Å²) in [7, 11) is 0. The Kier molecular flexibility index (Phi) is 12.8. The predicted octanol–water partition coefficient (Wildman–Crippen LogP) is -2.14. The van der Waals surface area contributed by atoms with Crippen LogP contribution in [0.2, 0.25) is 0 Å². The highest BCUT2D eigenvalue weighted by Crippen LogP contribution is 2.19. The molecule has 0 bridgehead atoms. The van der Waals surface area contributed by atoms with Crippen LogP contribution in [0, 0.1) is 12.3 Å². The molecule has 1 heterocycles. The zero-order valence-corrected chi connectivity index (χ0v) is 22.4. The van der Waals surface area contributed by atoms with Crippen LogP contribution in [0.25, 0.3) is 10.9 Å². The number of carbonyl (C=O) groups is 3. The number of nitrogens with zero attached hydrogens (tertiary/aromatic N) is 2. The predicted molar refractivity (Wildman–Crippen MR) is 156 cm³/mol. The molecule has 0 saturated carbocycles. The van der Waals surface area contributed by atoms with Crippen molar-refractivity contribution in [1.82, 2.24) is 20.9 Å². The van der Waals surface area contributed by atoms with Gasteiger partial charge in [0, 0.05) is 36.6 Å². The molecule has 2 rings (SSSR count). The second kappa shape index (κ2) is 16.2. The molecule has 0 aliphatic heterocycles. The van der Waals surface area contributed by atoms with Crippen LogP contribution in [0.15, 0.2) is 40.4 Å². The van der Waals surface area contributed by atoms with Crippen molar-refractivity contribution in [3.8, 4) is 12.3 Å². The fourth-order valence-corrected chi connectivity index (χ4v) is 3.96. The number of rotatable bonds is 16. The van der Waals surface area contributed by atoms with Crippen molar-refractivity contribution in [2.45, 2.75) is 50.2 Å². The molecule has 40 heavy (non-hydrogen) atoms. The van der Waals surface area contributed by atoms with Crippen molar-refractivity contribution < 1.29 is 14.4 Å². The van der Waals surface area contributed by atoms with Gasteiger partial charge in [0.15, 0.2) is 11.9 Å². The molecule has 0 unspecified atom stereocenters. The summed E-state index contributed by atoms with van der Waals surface area (Å²) in [6, 6.07) is 4.71. The molecular formula is C26H39N11O3.